The van der Waals surface area contributed by atoms with Gasteiger partial charge in [-0.15, -0.1) is 12.6 Å². The highest BCUT2D eigenvalue weighted by Gasteiger charge is 2.45. The molecule has 6 N–H and O–H groups in total. The van der Waals surface area contributed by atoms with Crippen LogP contribution in [-0.2, 0) is 27.7 Å². The smallest absolute Gasteiger partial charge is 0.280 e. The molecule has 1 fully saturated rings. The number of fused-ring (bicyclic) bond motifs is 2. The van der Waals surface area contributed by atoms with Crippen LogP contribution in [0.3, 0.4) is 0 Å². The summed E-state index contributed by atoms with van der Waals surface area (Å²) in [5, 5.41) is 11.2. The first-order valence-corrected chi connectivity index (χ1v) is 13.7. The molecule has 1 saturated heterocycles. The van der Waals surface area contributed by atoms with Crippen LogP contribution in [0.4, 0.5) is 11.8 Å². The zero-order valence-corrected chi connectivity index (χ0v) is 24.9. The van der Waals surface area contributed by atoms with Crippen molar-refractivity contribution in [1.82, 2.24) is 39.0 Å². The lowest BCUT2D eigenvalue weighted by Crippen LogP contribution is -2.34. The highest BCUT2D eigenvalue weighted by molar-refractivity contribution is 7.80. The molecule has 5 heterocycles. The number of rotatable bonds is 13. The number of nitrogens with one attached hydrogen (secondary N) is 1. The number of hydrogen-bond acceptors (Lipinski definition) is 17. The number of ether oxygens (including phenoxy) is 4. The van der Waals surface area contributed by atoms with E-state index >= 15 is 0 Å². The van der Waals surface area contributed by atoms with Crippen molar-refractivity contribution in [3.05, 3.63) is 29.3 Å². The van der Waals surface area contributed by atoms with E-state index in [9.17, 15) is 9.90 Å². The lowest BCUT2D eigenvalue weighted by Gasteiger charge is -2.26. The Hall–Kier alpha value is -2.65. The van der Waals surface area contributed by atoms with Gasteiger partial charge in [0, 0.05) is 28.9 Å². The van der Waals surface area contributed by atoms with Gasteiger partial charge < -0.3 is 40.0 Å². The van der Waals surface area contributed by atoms with Crippen molar-refractivity contribution in [1.29, 1.82) is 0 Å². The summed E-state index contributed by atoms with van der Waals surface area (Å²) < 4.78 is 36.7. The standard InChI is InChI=1S/C21H29N10O8PS2/c1-34-11(2-10(39-42)30-6-27-13-17(30)28-20(23)29-18(13)33)38-21(41)35-3-8-9(4-36-40)37-19(14(8)32)31-7-26-12-15(22)24-5-25-16(12)31/h5-11,14,19,21,32,41-42H,2-4,40H2,1H3,(H2,22,24,25)(H3,23,28,29,33)/t8-,9+,10+,11?,14+,19+,21?/m0/s1. The monoisotopic (exact) mass is 644 g/mol. The Kier molecular flexibility index (Phi) is 9.77. The van der Waals surface area contributed by atoms with Crippen molar-refractivity contribution < 1.29 is 32.8 Å². The van der Waals surface area contributed by atoms with Crippen molar-refractivity contribution in [2.24, 2.45) is 5.92 Å². The maximum absolute atomic E-state index is 12.1. The van der Waals surface area contributed by atoms with Crippen molar-refractivity contribution >= 4 is 69.1 Å². The van der Waals surface area contributed by atoms with Gasteiger partial charge in [-0.1, -0.05) is 0 Å². The fourth-order valence-electron chi connectivity index (χ4n) is 4.64. The molecule has 8 atom stereocenters. The van der Waals surface area contributed by atoms with E-state index in [0.29, 0.717) is 11.2 Å². The third-order valence-electron chi connectivity index (χ3n) is 6.68. The van der Waals surface area contributed by atoms with Crippen LogP contribution in [0.5, 0.6) is 0 Å². The summed E-state index contributed by atoms with van der Waals surface area (Å²) in [7, 11) is 3.58. The van der Waals surface area contributed by atoms with Gasteiger partial charge in [0.15, 0.2) is 41.4 Å². The molecule has 5 rings (SSSR count). The number of nitrogens with zero attached hydrogens (tertiary/aromatic N) is 7. The predicted octanol–water partition coefficient (Wildman–Crippen LogP) is -0.226. The van der Waals surface area contributed by atoms with Crippen LogP contribution < -0.4 is 17.0 Å². The number of aromatic amines is 1. The molecule has 21 heteroatoms. The molecule has 0 radical (unpaired) electrons. The van der Waals surface area contributed by atoms with Crippen LogP contribution >= 0.6 is 35.0 Å². The number of nitrogen functional groups attached to an aromatic ring is 2. The number of imidazole rings is 2. The van der Waals surface area contributed by atoms with Gasteiger partial charge >= 0.3 is 0 Å². The Morgan fingerprint density at radius 1 is 1.19 bits per heavy atom. The summed E-state index contributed by atoms with van der Waals surface area (Å²) in [4.78, 5) is 35.1. The average Bonchev–Trinajstić information content (AvgIpc) is 3.66. The summed E-state index contributed by atoms with van der Waals surface area (Å²) in [5.41, 5.74) is 11.1. The zero-order valence-electron chi connectivity index (χ0n) is 22.0. The van der Waals surface area contributed by atoms with Crippen LogP contribution in [0.25, 0.3) is 22.3 Å². The molecule has 18 nitrogen and oxygen atoms in total. The van der Waals surface area contributed by atoms with Gasteiger partial charge in [0.1, 0.15) is 17.9 Å². The Balaban J connectivity index is 1.23. The number of aromatic nitrogens is 8. The Labute approximate surface area is 250 Å². The number of nitrogens with two attached hydrogens (primary N) is 2. The van der Waals surface area contributed by atoms with Crippen LogP contribution in [0.15, 0.2) is 23.8 Å². The number of methoxy groups -OCH3 is 1. The van der Waals surface area contributed by atoms with Crippen LogP contribution in [0.1, 0.15) is 18.9 Å². The summed E-state index contributed by atoms with van der Waals surface area (Å²) in [6, 6.07) is 0. The minimum absolute atomic E-state index is 0.0185. The van der Waals surface area contributed by atoms with Gasteiger partial charge in [0.05, 0.1) is 32.0 Å². The molecule has 42 heavy (non-hydrogen) atoms. The number of hydrogen-bond donors (Lipinski definition) is 6. The van der Waals surface area contributed by atoms with Crippen LogP contribution in [0.2, 0.25) is 0 Å². The topological polar surface area (TPSA) is 235 Å². The second-order valence-electron chi connectivity index (χ2n) is 9.15. The van der Waals surface area contributed by atoms with E-state index in [4.69, 9.17) is 39.1 Å². The van der Waals surface area contributed by atoms with Gasteiger partial charge in [-0.2, -0.15) is 4.98 Å². The molecule has 1 aliphatic heterocycles. The van der Waals surface area contributed by atoms with Crippen molar-refractivity contribution in [3.8, 4) is 0 Å². The highest BCUT2D eigenvalue weighted by Crippen LogP contribution is 2.37. The molecule has 4 aromatic heterocycles. The van der Waals surface area contributed by atoms with E-state index in [2.05, 4.69) is 64.9 Å². The largest absolute Gasteiger partial charge is 0.388 e. The fourth-order valence-corrected chi connectivity index (χ4v) is 5.24. The first-order valence-electron chi connectivity index (χ1n) is 12.3. The van der Waals surface area contributed by atoms with E-state index in [1.165, 1.54) is 30.7 Å². The van der Waals surface area contributed by atoms with Crippen molar-refractivity contribution in [3.63, 3.8) is 0 Å². The second-order valence-corrected chi connectivity index (χ2v) is 10.1. The molecule has 0 spiro atoms. The molecule has 228 valence electrons. The molecule has 0 aromatic carbocycles. The van der Waals surface area contributed by atoms with E-state index in [1.807, 2.05) is 0 Å². The number of aliphatic hydroxyl groups is 1. The molecule has 0 amide bonds. The van der Waals surface area contributed by atoms with E-state index in [-0.39, 0.29) is 42.6 Å². The number of anilines is 2. The minimum Gasteiger partial charge on any atom is -0.388 e. The Bertz CT molecular complexity index is 1580. The summed E-state index contributed by atoms with van der Waals surface area (Å²) >= 11 is 8.33. The maximum atomic E-state index is 12.1. The number of H-pyrrole nitrogens is 1. The average molecular weight is 645 g/mol. The van der Waals surface area contributed by atoms with E-state index in [1.54, 1.807) is 4.57 Å². The SMILES string of the molecule is COC(C[C@@H](OS)n1cnc2c(=O)[nH]c(N)nc21)OC(S)OC[C@@H]1[C@@H](O)[C@H](n2cnc3c(N)ncnc32)O[C@@H]1COP. The lowest BCUT2D eigenvalue weighted by molar-refractivity contribution is -0.215. The first-order chi connectivity index (χ1) is 20.2. The summed E-state index contributed by atoms with van der Waals surface area (Å²) in [6.07, 6.45) is 0.0388. The van der Waals surface area contributed by atoms with E-state index < -0.39 is 48.1 Å². The lowest BCUT2D eigenvalue weighted by atomic mass is 9.99. The normalized spacial score (nSPS) is 23.1. The van der Waals surface area contributed by atoms with Gasteiger partial charge in [0.2, 0.25) is 11.6 Å². The second kappa shape index (κ2) is 13.3. The molecule has 0 aliphatic carbocycles. The van der Waals surface area contributed by atoms with E-state index in [0.717, 1.165) is 0 Å². The molecular weight excluding hydrogens is 615 g/mol. The fraction of sp³-hybridized carbons (Fsp3) is 0.524. The summed E-state index contributed by atoms with van der Waals surface area (Å²) in [5.74, 6) is -0.425. The molecular formula is C21H29N10O8PS2. The first kappa shape index (κ1) is 30.8. The quantitative estimate of drug-likeness (QED) is 0.0477. The van der Waals surface area contributed by atoms with Gasteiger partial charge in [0.25, 0.3) is 5.56 Å². The predicted molar refractivity (Wildman–Crippen MR) is 156 cm³/mol. The van der Waals surface area contributed by atoms with Crippen molar-refractivity contribution in [2.75, 3.05) is 31.8 Å². The van der Waals surface area contributed by atoms with Crippen LogP contribution in [-0.4, -0.2) is 88.6 Å². The van der Waals surface area contributed by atoms with Crippen LogP contribution in [0, 0.1) is 5.92 Å². The third kappa shape index (κ3) is 6.18. The van der Waals surface area contributed by atoms with Crippen molar-refractivity contribution in [2.45, 2.75) is 43.0 Å². The Morgan fingerprint density at radius 3 is 2.71 bits per heavy atom. The molecule has 0 bridgehead atoms. The van der Waals surface area contributed by atoms with Gasteiger partial charge in [-0.05, 0) is 12.9 Å². The van der Waals surface area contributed by atoms with Gasteiger partial charge in [-0.25, -0.2) is 19.9 Å². The summed E-state index contributed by atoms with van der Waals surface area (Å²) in [6.45, 7) is 0.130. The third-order valence-corrected chi connectivity index (χ3v) is 7.39. The molecule has 3 unspecified atom stereocenters. The maximum Gasteiger partial charge on any atom is 0.280 e. The molecule has 4 aromatic rings. The molecule has 0 saturated carbocycles. The number of thiol groups is 2. The molecule has 1 aliphatic rings. The zero-order chi connectivity index (χ0) is 30.0. The minimum atomic E-state index is -1.09. The highest BCUT2D eigenvalue weighted by atomic mass is 32.1. The number of aliphatic hydroxyl groups excluding tert-OH is 1. The Morgan fingerprint density at radius 2 is 1.98 bits per heavy atom. The van der Waals surface area contributed by atoms with Gasteiger partial charge in [-0.3, -0.25) is 23.1 Å².